The summed E-state index contributed by atoms with van der Waals surface area (Å²) in [4.78, 5) is 5.59. The molecular formula is C14H11BrN2S. The molecule has 18 heavy (non-hydrogen) atoms. The highest BCUT2D eigenvalue weighted by molar-refractivity contribution is 9.11. The summed E-state index contributed by atoms with van der Waals surface area (Å²) in [7, 11) is 0. The van der Waals surface area contributed by atoms with Crippen LogP contribution in [-0.2, 0) is 0 Å². The third kappa shape index (κ3) is 2.19. The highest BCUT2D eigenvalue weighted by Gasteiger charge is 2.12. The van der Waals surface area contributed by atoms with Crippen molar-refractivity contribution in [2.75, 3.05) is 0 Å². The minimum absolute atomic E-state index is 0.113. The first-order chi connectivity index (χ1) is 8.74. The Bertz CT molecular complexity index is 693. The molecule has 0 aliphatic carbocycles. The molecule has 3 rings (SSSR count). The van der Waals surface area contributed by atoms with Gasteiger partial charge in [-0.25, -0.2) is 0 Å². The molecule has 0 aliphatic heterocycles. The Labute approximate surface area is 118 Å². The molecule has 2 heterocycles. The second-order valence-corrected chi connectivity index (χ2v) is 6.58. The van der Waals surface area contributed by atoms with Crippen molar-refractivity contribution in [3.8, 4) is 0 Å². The van der Waals surface area contributed by atoms with Crippen molar-refractivity contribution in [2.24, 2.45) is 5.73 Å². The molecule has 0 saturated heterocycles. The van der Waals surface area contributed by atoms with E-state index in [4.69, 9.17) is 5.73 Å². The lowest BCUT2D eigenvalue weighted by atomic mass is 10.1. The number of aromatic nitrogens is 1. The maximum absolute atomic E-state index is 6.27. The number of para-hydroxylation sites is 1. The van der Waals surface area contributed by atoms with Crippen LogP contribution in [0.3, 0.4) is 0 Å². The van der Waals surface area contributed by atoms with Gasteiger partial charge in [0, 0.05) is 16.5 Å². The van der Waals surface area contributed by atoms with E-state index in [2.05, 4.69) is 39.1 Å². The molecule has 0 radical (unpaired) electrons. The van der Waals surface area contributed by atoms with E-state index < -0.39 is 0 Å². The predicted molar refractivity (Wildman–Crippen MR) is 79.8 cm³/mol. The first-order valence-corrected chi connectivity index (χ1v) is 7.20. The molecule has 2 N–H and O–H groups in total. The van der Waals surface area contributed by atoms with Crippen LogP contribution in [0.15, 0.2) is 52.4 Å². The van der Waals surface area contributed by atoms with Crippen LogP contribution in [0.4, 0.5) is 0 Å². The molecule has 0 amide bonds. The van der Waals surface area contributed by atoms with Gasteiger partial charge < -0.3 is 5.73 Å². The van der Waals surface area contributed by atoms with Crippen LogP contribution < -0.4 is 5.73 Å². The number of nitrogens with two attached hydrogens (primary N) is 1. The van der Waals surface area contributed by atoms with Crippen LogP contribution in [0, 0.1) is 0 Å². The maximum atomic E-state index is 6.27. The van der Waals surface area contributed by atoms with E-state index in [9.17, 15) is 0 Å². The van der Waals surface area contributed by atoms with Crippen LogP contribution in [0.5, 0.6) is 0 Å². The molecule has 2 aromatic heterocycles. The Kier molecular flexibility index (Phi) is 3.16. The molecule has 3 aromatic rings. The topological polar surface area (TPSA) is 38.9 Å². The highest BCUT2D eigenvalue weighted by Crippen LogP contribution is 2.30. The predicted octanol–water partition coefficient (Wildman–Crippen LogP) is 4.11. The first kappa shape index (κ1) is 11.8. The number of halogens is 1. The van der Waals surface area contributed by atoms with Crippen molar-refractivity contribution < 1.29 is 0 Å². The summed E-state index contributed by atoms with van der Waals surface area (Å²) in [6.07, 6.45) is 1.86. The van der Waals surface area contributed by atoms with E-state index >= 15 is 0 Å². The monoisotopic (exact) mass is 318 g/mol. The van der Waals surface area contributed by atoms with Crippen molar-refractivity contribution in [1.29, 1.82) is 0 Å². The van der Waals surface area contributed by atoms with E-state index in [-0.39, 0.29) is 6.04 Å². The summed E-state index contributed by atoms with van der Waals surface area (Å²) >= 11 is 5.12. The molecule has 1 atom stereocenters. The normalized spacial score (nSPS) is 12.8. The summed E-state index contributed by atoms with van der Waals surface area (Å²) in [5.74, 6) is 0. The van der Waals surface area contributed by atoms with Gasteiger partial charge in [-0.1, -0.05) is 18.2 Å². The largest absolute Gasteiger partial charge is 0.320 e. The van der Waals surface area contributed by atoms with Gasteiger partial charge in [-0.3, -0.25) is 4.98 Å². The Balaban J connectivity index is 2.03. The third-order valence-electron chi connectivity index (χ3n) is 2.87. The second kappa shape index (κ2) is 4.80. The van der Waals surface area contributed by atoms with Crippen LogP contribution in [0.25, 0.3) is 10.9 Å². The van der Waals surface area contributed by atoms with Crippen molar-refractivity contribution in [2.45, 2.75) is 6.04 Å². The third-order valence-corrected chi connectivity index (χ3v) is 4.58. The Hall–Kier alpha value is -1.23. The van der Waals surface area contributed by atoms with Crippen molar-refractivity contribution in [1.82, 2.24) is 4.98 Å². The van der Waals surface area contributed by atoms with Crippen LogP contribution in [0.1, 0.15) is 16.5 Å². The van der Waals surface area contributed by atoms with Crippen LogP contribution in [-0.4, -0.2) is 4.98 Å². The number of thiophene rings is 1. The standard InChI is InChI=1S/C14H11BrN2S/c15-13-6-5-12(18-13)14(16)10-7-9-3-1-2-4-11(9)17-8-10/h1-8,14H,16H2. The van der Waals surface area contributed by atoms with Crippen molar-refractivity contribution >= 4 is 38.2 Å². The van der Waals surface area contributed by atoms with E-state index in [1.165, 1.54) is 0 Å². The number of fused-ring (bicyclic) bond motifs is 1. The lowest BCUT2D eigenvalue weighted by Gasteiger charge is -2.10. The van der Waals surface area contributed by atoms with E-state index in [0.29, 0.717) is 0 Å². The molecule has 1 aromatic carbocycles. The lowest BCUT2D eigenvalue weighted by molar-refractivity contribution is 0.888. The fraction of sp³-hybridized carbons (Fsp3) is 0.0714. The number of benzene rings is 1. The van der Waals surface area contributed by atoms with Gasteiger partial charge in [-0.15, -0.1) is 11.3 Å². The average Bonchev–Trinajstić information content (AvgIpc) is 2.84. The molecule has 2 nitrogen and oxygen atoms in total. The molecule has 1 unspecified atom stereocenters. The molecule has 0 saturated carbocycles. The quantitative estimate of drug-likeness (QED) is 0.772. The zero-order chi connectivity index (χ0) is 12.5. The van der Waals surface area contributed by atoms with Crippen LogP contribution >= 0.6 is 27.3 Å². The zero-order valence-corrected chi connectivity index (χ0v) is 11.9. The molecule has 0 bridgehead atoms. The zero-order valence-electron chi connectivity index (χ0n) is 9.51. The van der Waals surface area contributed by atoms with Gasteiger partial charge in [0.1, 0.15) is 0 Å². The molecule has 0 fully saturated rings. The van der Waals surface area contributed by atoms with Gasteiger partial charge >= 0.3 is 0 Å². The number of rotatable bonds is 2. The van der Waals surface area contributed by atoms with Crippen molar-refractivity contribution in [3.63, 3.8) is 0 Å². The first-order valence-electron chi connectivity index (χ1n) is 5.59. The molecule has 0 aliphatic rings. The maximum Gasteiger partial charge on any atom is 0.0702 e. The lowest BCUT2D eigenvalue weighted by Crippen LogP contribution is -2.10. The summed E-state index contributed by atoms with van der Waals surface area (Å²) < 4.78 is 1.10. The number of hydrogen-bond donors (Lipinski definition) is 1. The highest BCUT2D eigenvalue weighted by atomic mass is 79.9. The second-order valence-electron chi connectivity index (χ2n) is 4.08. The minimum Gasteiger partial charge on any atom is -0.320 e. The summed E-state index contributed by atoms with van der Waals surface area (Å²) in [6, 6.07) is 14.1. The van der Waals surface area contributed by atoms with Gasteiger partial charge in [-0.2, -0.15) is 0 Å². The van der Waals surface area contributed by atoms with Crippen LogP contribution in [0.2, 0.25) is 0 Å². The van der Waals surface area contributed by atoms with Gasteiger partial charge in [0.2, 0.25) is 0 Å². The smallest absolute Gasteiger partial charge is 0.0702 e. The SMILES string of the molecule is NC(c1cnc2ccccc2c1)c1ccc(Br)s1. The van der Waals surface area contributed by atoms with Gasteiger partial charge in [-0.05, 0) is 45.8 Å². The average molecular weight is 319 g/mol. The number of pyridine rings is 1. The molecular weight excluding hydrogens is 308 g/mol. The fourth-order valence-electron chi connectivity index (χ4n) is 1.92. The summed E-state index contributed by atoms with van der Waals surface area (Å²) in [6.45, 7) is 0. The van der Waals surface area contributed by atoms with Gasteiger partial charge in [0.25, 0.3) is 0 Å². The van der Waals surface area contributed by atoms with E-state index in [1.807, 2.05) is 30.5 Å². The molecule has 4 heteroatoms. The Morgan fingerprint density at radius 3 is 2.78 bits per heavy atom. The summed E-state index contributed by atoms with van der Waals surface area (Å²) in [5, 5.41) is 1.13. The van der Waals surface area contributed by atoms with Crippen molar-refractivity contribution in [3.05, 3.63) is 62.9 Å². The van der Waals surface area contributed by atoms with Gasteiger partial charge in [0.15, 0.2) is 0 Å². The van der Waals surface area contributed by atoms with E-state index in [1.54, 1.807) is 11.3 Å². The Morgan fingerprint density at radius 2 is 2.00 bits per heavy atom. The number of nitrogens with zero attached hydrogens (tertiary/aromatic N) is 1. The Morgan fingerprint density at radius 1 is 1.17 bits per heavy atom. The van der Waals surface area contributed by atoms with E-state index in [0.717, 1.165) is 25.1 Å². The fourth-order valence-corrected chi connectivity index (χ4v) is 3.37. The number of hydrogen-bond acceptors (Lipinski definition) is 3. The van der Waals surface area contributed by atoms with Gasteiger partial charge in [0.05, 0.1) is 15.3 Å². The summed E-state index contributed by atoms with van der Waals surface area (Å²) in [5.41, 5.74) is 8.32. The molecule has 90 valence electrons. The molecule has 0 spiro atoms. The minimum atomic E-state index is -0.113.